The molecule has 11 rings (SSSR count). The van der Waals surface area contributed by atoms with Crippen LogP contribution < -0.4 is 4.90 Å². The second-order valence-corrected chi connectivity index (χ2v) is 15.1. The van der Waals surface area contributed by atoms with E-state index in [-0.39, 0.29) is 5.41 Å². The Morgan fingerprint density at radius 3 is 1.98 bits per heavy atom. The van der Waals surface area contributed by atoms with Gasteiger partial charge >= 0.3 is 0 Å². The van der Waals surface area contributed by atoms with Crippen LogP contribution in [0.4, 0.5) is 17.1 Å². The van der Waals surface area contributed by atoms with Gasteiger partial charge in [0.15, 0.2) is 5.58 Å². The monoisotopic (exact) mass is 704 g/mol. The highest BCUT2D eigenvalue weighted by Gasteiger charge is 2.39. The van der Waals surface area contributed by atoms with Gasteiger partial charge in [0.25, 0.3) is 0 Å². The van der Waals surface area contributed by atoms with Crippen molar-refractivity contribution >= 4 is 60.5 Å². The quantitative estimate of drug-likeness (QED) is 0.167. The maximum Gasteiger partial charge on any atom is 0.227 e. The molecule has 0 saturated heterocycles. The Bertz CT molecular complexity index is 3110. The summed E-state index contributed by atoms with van der Waals surface area (Å²) in [4.78, 5) is 7.49. The Balaban J connectivity index is 1.26. The van der Waals surface area contributed by atoms with E-state index in [1.165, 1.54) is 49.8 Å². The van der Waals surface area contributed by atoms with E-state index < -0.39 is 0 Å². The molecule has 1 aromatic heterocycles. The molecule has 0 N–H and O–H groups in total. The highest BCUT2D eigenvalue weighted by molar-refractivity contribution is 6.22. The number of rotatable bonds is 5. The van der Waals surface area contributed by atoms with Crippen LogP contribution in [0, 0.1) is 0 Å². The first-order valence-electron chi connectivity index (χ1n) is 19.0. The maximum atomic E-state index is 6.75. The number of hydrogen-bond donors (Lipinski definition) is 0. The minimum Gasteiger partial charge on any atom is -0.435 e. The number of benzene rings is 9. The molecule has 55 heavy (non-hydrogen) atoms. The van der Waals surface area contributed by atoms with E-state index in [4.69, 9.17) is 9.40 Å². The van der Waals surface area contributed by atoms with Gasteiger partial charge in [-0.3, -0.25) is 0 Å². The summed E-state index contributed by atoms with van der Waals surface area (Å²) in [6.07, 6.45) is 0. The molecule has 1 aliphatic carbocycles. The Morgan fingerprint density at radius 1 is 0.491 bits per heavy atom. The van der Waals surface area contributed by atoms with Crippen molar-refractivity contribution in [1.29, 1.82) is 0 Å². The third-order valence-corrected chi connectivity index (χ3v) is 11.6. The highest BCUT2D eigenvalue weighted by atomic mass is 16.3. The Hall–Kier alpha value is -6.97. The summed E-state index contributed by atoms with van der Waals surface area (Å²) in [5, 5.41) is 6.90. The minimum absolute atomic E-state index is 0.161. The fourth-order valence-corrected chi connectivity index (χ4v) is 9.01. The van der Waals surface area contributed by atoms with Crippen LogP contribution in [0.3, 0.4) is 0 Å². The van der Waals surface area contributed by atoms with E-state index in [1.807, 2.05) is 18.2 Å². The fraction of sp³-hybridized carbons (Fsp3) is 0.0577. The molecule has 0 fully saturated rings. The van der Waals surface area contributed by atoms with E-state index in [0.717, 1.165) is 49.6 Å². The molecule has 3 nitrogen and oxygen atoms in total. The summed E-state index contributed by atoms with van der Waals surface area (Å²) in [6.45, 7) is 4.73. The van der Waals surface area contributed by atoms with Gasteiger partial charge in [0.1, 0.15) is 5.52 Å². The standard InChI is InChI=1S/C52H36N2O/c1-52(2)44-25-15-14-24-41(44)48-45(52)31-35-20-12-13-23-39(35)49(48)54(37-21-10-5-11-22-37)38-27-28-40-42(33-16-6-3-7-17-33)30-36-26-29-46-50(47(36)43(40)32-38)55-51(53-46)34-18-8-4-9-19-34/h3-32H,1-2H3. The zero-order valence-electron chi connectivity index (χ0n) is 30.6. The normalized spacial score (nSPS) is 13.1. The lowest BCUT2D eigenvalue weighted by atomic mass is 9.81. The van der Waals surface area contributed by atoms with E-state index in [0.29, 0.717) is 5.89 Å². The number of nitrogens with zero attached hydrogens (tertiary/aromatic N) is 2. The van der Waals surface area contributed by atoms with Gasteiger partial charge in [0.05, 0.1) is 5.69 Å². The lowest BCUT2D eigenvalue weighted by Crippen LogP contribution is -2.16. The lowest BCUT2D eigenvalue weighted by Gasteiger charge is -2.31. The highest BCUT2D eigenvalue weighted by Crippen LogP contribution is 2.57. The Morgan fingerprint density at radius 2 is 1.18 bits per heavy atom. The van der Waals surface area contributed by atoms with E-state index in [9.17, 15) is 0 Å². The molecule has 0 unspecified atom stereocenters. The van der Waals surface area contributed by atoms with Crippen molar-refractivity contribution in [2.24, 2.45) is 0 Å². The number of oxazole rings is 1. The summed E-state index contributed by atoms with van der Waals surface area (Å²) in [7, 11) is 0. The van der Waals surface area contributed by atoms with Crippen molar-refractivity contribution in [3.05, 3.63) is 193 Å². The second-order valence-electron chi connectivity index (χ2n) is 15.1. The number of para-hydroxylation sites is 1. The van der Waals surface area contributed by atoms with Crippen LogP contribution in [0.25, 0.3) is 77.1 Å². The molecule has 0 bridgehead atoms. The Kier molecular flexibility index (Phi) is 6.90. The summed E-state index contributed by atoms with van der Waals surface area (Å²) >= 11 is 0. The smallest absolute Gasteiger partial charge is 0.227 e. The van der Waals surface area contributed by atoms with Crippen LogP contribution >= 0.6 is 0 Å². The first-order valence-corrected chi connectivity index (χ1v) is 19.0. The fourth-order valence-electron chi connectivity index (χ4n) is 9.01. The predicted molar refractivity (Wildman–Crippen MR) is 230 cm³/mol. The zero-order valence-corrected chi connectivity index (χ0v) is 30.6. The van der Waals surface area contributed by atoms with Crippen LogP contribution in [0.15, 0.2) is 186 Å². The molecule has 0 amide bonds. The number of fused-ring (bicyclic) bond motifs is 9. The van der Waals surface area contributed by atoms with Crippen molar-refractivity contribution in [2.75, 3.05) is 4.90 Å². The van der Waals surface area contributed by atoms with Crippen LogP contribution in [0.1, 0.15) is 25.0 Å². The molecule has 9 aromatic carbocycles. The molecule has 0 saturated carbocycles. The van der Waals surface area contributed by atoms with Crippen LogP contribution in [0.2, 0.25) is 0 Å². The van der Waals surface area contributed by atoms with Gasteiger partial charge in [-0.05, 0) is 104 Å². The largest absolute Gasteiger partial charge is 0.435 e. The van der Waals surface area contributed by atoms with Crippen molar-refractivity contribution in [3.8, 4) is 33.7 Å². The van der Waals surface area contributed by atoms with Crippen LogP contribution in [-0.2, 0) is 5.41 Å². The summed E-state index contributed by atoms with van der Waals surface area (Å²) < 4.78 is 6.75. The molecule has 0 radical (unpaired) electrons. The molecule has 0 atom stereocenters. The first-order chi connectivity index (χ1) is 27.0. The number of hydrogen-bond acceptors (Lipinski definition) is 3. The SMILES string of the molecule is CC1(C)c2ccccc2-c2c1cc1ccccc1c2N(c1ccccc1)c1ccc2c(-c3ccccc3)cc3ccc4nc(-c5ccccc5)oc4c3c2c1. The predicted octanol–water partition coefficient (Wildman–Crippen LogP) is 14.4. The van der Waals surface area contributed by atoms with Gasteiger partial charge in [-0.1, -0.05) is 141 Å². The maximum absolute atomic E-state index is 6.75. The molecule has 0 spiro atoms. The first kappa shape index (κ1) is 31.5. The van der Waals surface area contributed by atoms with Gasteiger partial charge < -0.3 is 9.32 Å². The third kappa shape index (κ3) is 4.79. The molecular weight excluding hydrogens is 669 g/mol. The molecule has 10 aromatic rings. The van der Waals surface area contributed by atoms with E-state index >= 15 is 0 Å². The zero-order chi connectivity index (χ0) is 36.7. The lowest BCUT2D eigenvalue weighted by molar-refractivity contribution is 0.623. The minimum atomic E-state index is -0.161. The van der Waals surface area contributed by atoms with Crippen molar-refractivity contribution in [1.82, 2.24) is 4.98 Å². The summed E-state index contributed by atoms with van der Waals surface area (Å²) in [6, 6.07) is 65.5. The van der Waals surface area contributed by atoms with Gasteiger partial charge in [0.2, 0.25) is 5.89 Å². The Labute approximate surface area is 319 Å². The van der Waals surface area contributed by atoms with Gasteiger partial charge in [-0.25, -0.2) is 4.98 Å². The molecular formula is C52H36N2O. The van der Waals surface area contributed by atoms with Crippen LogP contribution in [0.5, 0.6) is 0 Å². The third-order valence-electron chi connectivity index (χ3n) is 11.6. The molecule has 1 heterocycles. The van der Waals surface area contributed by atoms with E-state index in [2.05, 4.69) is 183 Å². The molecule has 3 heteroatoms. The molecule has 1 aliphatic rings. The van der Waals surface area contributed by atoms with Crippen molar-refractivity contribution in [3.63, 3.8) is 0 Å². The molecule has 0 aliphatic heterocycles. The van der Waals surface area contributed by atoms with Crippen LogP contribution in [-0.4, -0.2) is 4.98 Å². The van der Waals surface area contributed by atoms with Gasteiger partial charge in [-0.15, -0.1) is 0 Å². The average molecular weight is 705 g/mol. The van der Waals surface area contributed by atoms with Crippen molar-refractivity contribution in [2.45, 2.75) is 19.3 Å². The number of aromatic nitrogens is 1. The van der Waals surface area contributed by atoms with Gasteiger partial charge in [-0.2, -0.15) is 0 Å². The van der Waals surface area contributed by atoms with Gasteiger partial charge in [0, 0.05) is 38.7 Å². The summed E-state index contributed by atoms with van der Waals surface area (Å²) in [5.74, 6) is 0.623. The summed E-state index contributed by atoms with van der Waals surface area (Å²) in [5.41, 5.74) is 13.4. The second kappa shape index (κ2) is 12.0. The molecule has 260 valence electrons. The van der Waals surface area contributed by atoms with Crippen molar-refractivity contribution < 1.29 is 4.42 Å². The number of anilines is 3. The topological polar surface area (TPSA) is 29.3 Å². The average Bonchev–Trinajstić information content (AvgIpc) is 3.78. The van der Waals surface area contributed by atoms with E-state index in [1.54, 1.807) is 0 Å².